The number of benzene rings is 2. The fourth-order valence-corrected chi connectivity index (χ4v) is 2.92. The SMILES string of the molecule is Cc1ccc(C(C)NC(=O)CSCc2ccccc2F)cc1. The summed E-state index contributed by atoms with van der Waals surface area (Å²) in [5.74, 6) is 0.571. The van der Waals surface area contributed by atoms with Crippen LogP contribution in [0.3, 0.4) is 0 Å². The van der Waals surface area contributed by atoms with E-state index in [4.69, 9.17) is 0 Å². The zero-order valence-corrected chi connectivity index (χ0v) is 13.6. The summed E-state index contributed by atoms with van der Waals surface area (Å²) in [5.41, 5.74) is 2.91. The monoisotopic (exact) mass is 317 g/mol. The van der Waals surface area contributed by atoms with Crippen molar-refractivity contribution in [2.45, 2.75) is 25.6 Å². The second-order valence-electron chi connectivity index (χ2n) is 5.28. The van der Waals surface area contributed by atoms with Gasteiger partial charge in [-0.2, -0.15) is 0 Å². The Hall–Kier alpha value is -1.81. The van der Waals surface area contributed by atoms with Crippen molar-refractivity contribution in [3.8, 4) is 0 Å². The van der Waals surface area contributed by atoms with Crippen LogP contribution in [0.4, 0.5) is 4.39 Å². The first kappa shape index (κ1) is 16.6. The number of carbonyl (C=O) groups is 1. The van der Waals surface area contributed by atoms with Crippen LogP contribution in [0.5, 0.6) is 0 Å². The zero-order valence-electron chi connectivity index (χ0n) is 12.8. The zero-order chi connectivity index (χ0) is 15.9. The lowest BCUT2D eigenvalue weighted by Crippen LogP contribution is -2.28. The first-order valence-corrected chi connectivity index (χ1v) is 8.39. The van der Waals surface area contributed by atoms with E-state index in [1.165, 1.54) is 23.4 Å². The van der Waals surface area contributed by atoms with Crippen LogP contribution in [0.15, 0.2) is 48.5 Å². The van der Waals surface area contributed by atoms with Crippen molar-refractivity contribution < 1.29 is 9.18 Å². The Bertz CT molecular complexity index is 627. The van der Waals surface area contributed by atoms with Gasteiger partial charge < -0.3 is 5.32 Å². The maximum atomic E-state index is 13.5. The van der Waals surface area contributed by atoms with Gasteiger partial charge in [0.05, 0.1) is 11.8 Å². The van der Waals surface area contributed by atoms with Gasteiger partial charge in [0.25, 0.3) is 0 Å². The summed E-state index contributed by atoms with van der Waals surface area (Å²) >= 11 is 1.42. The molecule has 0 saturated heterocycles. The molecule has 1 atom stereocenters. The fourth-order valence-electron chi connectivity index (χ4n) is 2.09. The Labute approximate surface area is 135 Å². The molecule has 2 nitrogen and oxygen atoms in total. The summed E-state index contributed by atoms with van der Waals surface area (Å²) in [6, 6.07) is 14.7. The van der Waals surface area contributed by atoms with Crippen molar-refractivity contribution in [3.05, 3.63) is 71.0 Å². The standard InChI is InChI=1S/C18H20FNOS/c1-13-7-9-15(10-8-13)14(2)20-18(21)12-22-11-16-5-3-4-6-17(16)19/h3-10,14H,11-12H2,1-2H3,(H,20,21). The molecule has 4 heteroatoms. The van der Waals surface area contributed by atoms with Crippen molar-refractivity contribution in [2.24, 2.45) is 0 Å². The molecule has 0 saturated carbocycles. The summed E-state index contributed by atoms with van der Waals surface area (Å²) in [4.78, 5) is 11.9. The van der Waals surface area contributed by atoms with Gasteiger partial charge in [-0.05, 0) is 31.0 Å². The molecular weight excluding hydrogens is 297 g/mol. The molecule has 1 unspecified atom stereocenters. The lowest BCUT2D eigenvalue weighted by molar-refractivity contribution is -0.119. The van der Waals surface area contributed by atoms with Crippen LogP contribution in [0.1, 0.15) is 29.7 Å². The van der Waals surface area contributed by atoms with Crippen LogP contribution in [0.2, 0.25) is 0 Å². The lowest BCUT2D eigenvalue weighted by atomic mass is 10.1. The average molecular weight is 317 g/mol. The molecule has 0 radical (unpaired) electrons. The largest absolute Gasteiger partial charge is 0.349 e. The van der Waals surface area contributed by atoms with E-state index in [0.29, 0.717) is 17.1 Å². The summed E-state index contributed by atoms with van der Waals surface area (Å²) in [6.07, 6.45) is 0. The van der Waals surface area contributed by atoms with Crippen LogP contribution in [-0.2, 0) is 10.5 Å². The Morgan fingerprint density at radius 2 is 1.86 bits per heavy atom. The van der Waals surface area contributed by atoms with Gasteiger partial charge in [-0.1, -0.05) is 48.0 Å². The minimum atomic E-state index is -0.219. The van der Waals surface area contributed by atoms with Crippen LogP contribution in [0.25, 0.3) is 0 Å². The molecule has 22 heavy (non-hydrogen) atoms. The van der Waals surface area contributed by atoms with E-state index in [9.17, 15) is 9.18 Å². The average Bonchev–Trinajstić information content (AvgIpc) is 2.50. The first-order chi connectivity index (χ1) is 10.6. The molecule has 1 N–H and O–H groups in total. The minimum absolute atomic E-state index is 0.0258. The first-order valence-electron chi connectivity index (χ1n) is 7.23. The van der Waals surface area contributed by atoms with E-state index in [-0.39, 0.29) is 17.8 Å². The van der Waals surface area contributed by atoms with E-state index in [1.807, 2.05) is 38.1 Å². The molecule has 0 fully saturated rings. The van der Waals surface area contributed by atoms with E-state index in [2.05, 4.69) is 5.32 Å². The molecule has 0 heterocycles. The normalized spacial score (nSPS) is 12.0. The fraction of sp³-hybridized carbons (Fsp3) is 0.278. The molecule has 0 bridgehead atoms. The van der Waals surface area contributed by atoms with Crippen molar-refractivity contribution in [1.82, 2.24) is 5.32 Å². The van der Waals surface area contributed by atoms with Crippen LogP contribution in [-0.4, -0.2) is 11.7 Å². The predicted octanol–water partition coefficient (Wildman–Crippen LogP) is 4.24. The van der Waals surface area contributed by atoms with Crippen molar-refractivity contribution in [1.29, 1.82) is 0 Å². The van der Waals surface area contributed by atoms with Gasteiger partial charge in [0.2, 0.25) is 5.91 Å². The molecule has 0 spiro atoms. The third-order valence-corrected chi connectivity index (χ3v) is 4.38. The summed E-state index contributed by atoms with van der Waals surface area (Å²) in [6.45, 7) is 4.00. The smallest absolute Gasteiger partial charge is 0.230 e. The molecule has 0 aliphatic heterocycles. The van der Waals surface area contributed by atoms with Gasteiger partial charge in [-0.25, -0.2) is 4.39 Å². The highest BCUT2D eigenvalue weighted by molar-refractivity contribution is 7.99. The predicted molar refractivity (Wildman–Crippen MR) is 90.3 cm³/mol. The van der Waals surface area contributed by atoms with Crippen molar-refractivity contribution in [2.75, 3.05) is 5.75 Å². The van der Waals surface area contributed by atoms with Crippen LogP contribution >= 0.6 is 11.8 Å². The van der Waals surface area contributed by atoms with Gasteiger partial charge in [0.1, 0.15) is 5.82 Å². The van der Waals surface area contributed by atoms with Gasteiger partial charge in [-0.15, -0.1) is 11.8 Å². The topological polar surface area (TPSA) is 29.1 Å². The van der Waals surface area contributed by atoms with Crippen LogP contribution in [0, 0.1) is 12.7 Å². The summed E-state index contributed by atoms with van der Waals surface area (Å²) in [7, 11) is 0. The van der Waals surface area contributed by atoms with E-state index in [0.717, 1.165) is 5.56 Å². The highest BCUT2D eigenvalue weighted by Crippen LogP contribution is 2.16. The van der Waals surface area contributed by atoms with Gasteiger partial charge in [0.15, 0.2) is 0 Å². The Balaban J connectivity index is 1.78. The second-order valence-corrected chi connectivity index (χ2v) is 6.27. The van der Waals surface area contributed by atoms with Crippen molar-refractivity contribution in [3.63, 3.8) is 0 Å². The van der Waals surface area contributed by atoms with Gasteiger partial charge in [-0.3, -0.25) is 4.79 Å². The summed E-state index contributed by atoms with van der Waals surface area (Å²) < 4.78 is 13.5. The third kappa shape index (κ3) is 4.88. The molecule has 0 aliphatic rings. The highest BCUT2D eigenvalue weighted by Gasteiger charge is 2.10. The molecule has 0 aliphatic carbocycles. The minimum Gasteiger partial charge on any atom is -0.349 e. The molecular formula is C18H20FNOS. The van der Waals surface area contributed by atoms with Crippen LogP contribution < -0.4 is 5.32 Å². The lowest BCUT2D eigenvalue weighted by Gasteiger charge is -2.14. The second kappa shape index (κ2) is 7.99. The molecule has 2 rings (SSSR count). The maximum absolute atomic E-state index is 13.5. The number of rotatable bonds is 6. The number of carbonyl (C=O) groups excluding carboxylic acids is 1. The summed E-state index contributed by atoms with van der Waals surface area (Å²) in [5, 5.41) is 2.96. The molecule has 1 amide bonds. The number of halogens is 1. The number of amides is 1. The number of nitrogens with one attached hydrogen (secondary N) is 1. The molecule has 2 aromatic rings. The molecule has 2 aromatic carbocycles. The Kier molecular flexibility index (Phi) is 6.01. The van der Waals surface area contributed by atoms with E-state index >= 15 is 0 Å². The van der Waals surface area contributed by atoms with E-state index < -0.39 is 0 Å². The third-order valence-electron chi connectivity index (χ3n) is 3.40. The quantitative estimate of drug-likeness (QED) is 0.863. The van der Waals surface area contributed by atoms with Gasteiger partial charge >= 0.3 is 0 Å². The Morgan fingerprint density at radius 1 is 1.18 bits per heavy atom. The Morgan fingerprint density at radius 3 is 2.55 bits per heavy atom. The van der Waals surface area contributed by atoms with Gasteiger partial charge in [0, 0.05) is 5.75 Å². The van der Waals surface area contributed by atoms with E-state index in [1.54, 1.807) is 18.2 Å². The van der Waals surface area contributed by atoms with Crippen molar-refractivity contribution >= 4 is 17.7 Å². The number of hydrogen-bond donors (Lipinski definition) is 1. The molecule has 116 valence electrons. The molecule has 0 aromatic heterocycles. The highest BCUT2D eigenvalue weighted by atomic mass is 32.2. The number of hydrogen-bond acceptors (Lipinski definition) is 2. The maximum Gasteiger partial charge on any atom is 0.230 e. The number of thioether (sulfide) groups is 1. The number of aryl methyl sites for hydroxylation is 1.